The lowest BCUT2D eigenvalue weighted by atomic mass is 10.1. The van der Waals surface area contributed by atoms with Crippen LogP contribution in [0.1, 0.15) is 30.0 Å². The Labute approximate surface area is 135 Å². The predicted octanol–water partition coefficient (Wildman–Crippen LogP) is 5.02. The number of nitrogens with one attached hydrogen (secondary N) is 1. The highest BCUT2D eigenvalue weighted by Crippen LogP contribution is 2.32. The fraction of sp³-hybridized carbons (Fsp3) is 0.278. The van der Waals surface area contributed by atoms with Gasteiger partial charge in [0.2, 0.25) is 0 Å². The van der Waals surface area contributed by atoms with E-state index in [4.69, 9.17) is 11.6 Å². The lowest BCUT2D eigenvalue weighted by Gasteiger charge is -2.25. The molecule has 0 aromatic heterocycles. The number of benzene rings is 2. The molecule has 0 aliphatic carbocycles. The molecule has 1 heterocycles. The molecule has 1 atom stereocenters. The molecule has 2 amide bonds. The second-order valence-electron chi connectivity index (χ2n) is 5.70. The third-order valence-electron chi connectivity index (χ3n) is 4.07. The summed E-state index contributed by atoms with van der Waals surface area (Å²) in [5.74, 6) is 0. The van der Waals surface area contributed by atoms with Gasteiger partial charge in [0.15, 0.2) is 0 Å². The SMILES string of the molecule is Cc1ccc(NC(=O)N2CCCC2c2ccc(Cl)cc2)cc1. The van der Waals surface area contributed by atoms with Crippen molar-refractivity contribution in [3.8, 4) is 0 Å². The highest BCUT2D eigenvalue weighted by molar-refractivity contribution is 6.30. The first-order valence-electron chi connectivity index (χ1n) is 7.53. The molecule has 22 heavy (non-hydrogen) atoms. The normalized spacial score (nSPS) is 17.5. The van der Waals surface area contributed by atoms with Crippen molar-refractivity contribution >= 4 is 23.3 Å². The molecule has 1 fully saturated rings. The zero-order chi connectivity index (χ0) is 15.5. The molecule has 0 bridgehead atoms. The lowest BCUT2D eigenvalue weighted by molar-refractivity contribution is 0.207. The van der Waals surface area contributed by atoms with Crippen LogP contribution in [0.4, 0.5) is 10.5 Å². The van der Waals surface area contributed by atoms with Crippen LogP contribution in [-0.2, 0) is 0 Å². The van der Waals surface area contributed by atoms with Gasteiger partial charge in [-0.25, -0.2) is 4.79 Å². The zero-order valence-electron chi connectivity index (χ0n) is 12.6. The van der Waals surface area contributed by atoms with Crippen molar-refractivity contribution in [1.29, 1.82) is 0 Å². The van der Waals surface area contributed by atoms with Gasteiger partial charge >= 0.3 is 6.03 Å². The highest BCUT2D eigenvalue weighted by atomic mass is 35.5. The molecule has 1 saturated heterocycles. The number of hydrogen-bond donors (Lipinski definition) is 1. The van der Waals surface area contributed by atoms with E-state index in [2.05, 4.69) is 5.32 Å². The number of anilines is 1. The number of urea groups is 1. The molecule has 2 aromatic rings. The first-order chi connectivity index (χ1) is 10.6. The maximum absolute atomic E-state index is 12.5. The standard InChI is InChI=1S/C18H19ClN2O/c1-13-4-10-16(11-5-13)20-18(22)21-12-2-3-17(21)14-6-8-15(19)9-7-14/h4-11,17H,2-3,12H2,1H3,(H,20,22). The molecule has 0 spiro atoms. The van der Waals surface area contributed by atoms with Crippen LogP contribution in [0.3, 0.4) is 0 Å². The number of carbonyl (C=O) groups excluding carboxylic acids is 1. The first kappa shape index (κ1) is 14.9. The third-order valence-corrected chi connectivity index (χ3v) is 4.32. The van der Waals surface area contributed by atoms with Crippen LogP contribution in [0.2, 0.25) is 5.02 Å². The minimum atomic E-state index is -0.0405. The molecule has 0 saturated carbocycles. The van der Waals surface area contributed by atoms with Gasteiger partial charge < -0.3 is 10.2 Å². The number of rotatable bonds is 2. The summed E-state index contributed by atoms with van der Waals surface area (Å²) in [4.78, 5) is 14.4. The number of likely N-dealkylation sites (tertiary alicyclic amines) is 1. The van der Waals surface area contributed by atoms with E-state index in [0.717, 1.165) is 35.7 Å². The van der Waals surface area contributed by atoms with Gasteiger partial charge in [-0.3, -0.25) is 0 Å². The van der Waals surface area contributed by atoms with Crippen molar-refractivity contribution in [2.24, 2.45) is 0 Å². The fourth-order valence-electron chi connectivity index (χ4n) is 2.87. The maximum atomic E-state index is 12.5. The largest absolute Gasteiger partial charge is 0.322 e. The molecular formula is C18H19ClN2O. The minimum absolute atomic E-state index is 0.0405. The van der Waals surface area contributed by atoms with Crippen molar-refractivity contribution in [3.63, 3.8) is 0 Å². The van der Waals surface area contributed by atoms with E-state index >= 15 is 0 Å². The summed E-state index contributed by atoms with van der Waals surface area (Å²) in [5.41, 5.74) is 3.15. The highest BCUT2D eigenvalue weighted by Gasteiger charge is 2.29. The third kappa shape index (κ3) is 3.25. The summed E-state index contributed by atoms with van der Waals surface area (Å²) >= 11 is 5.94. The average molecular weight is 315 g/mol. The average Bonchev–Trinajstić information content (AvgIpc) is 3.00. The van der Waals surface area contributed by atoms with Crippen LogP contribution in [0.25, 0.3) is 0 Å². The number of carbonyl (C=O) groups is 1. The number of nitrogens with zero attached hydrogens (tertiary/aromatic N) is 1. The number of aryl methyl sites for hydroxylation is 1. The molecule has 0 radical (unpaired) electrons. The van der Waals surface area contributed by atoms with Crippen LogP contribution < -0.4 is 5.32 Å². The first-order valence-corrected chi connectivity index (χ1v) is 7.91. The summed E-state index contributed by atoms with van der Waals surface area (Å²) in [6.07, 6.45) is 2.01. The van der Waals surface area contributed by atoms with Gasteiger partial charge in [-0.1, -0.05) is 41.4 Å². The molecule has 4 heteroatoms. The van der Waals surface area contributed by atoms with Crippen LogP contribution >= 0.6 is 11.6 Å². The Morgan fingerprint density at radius 1 is 1.14 bits per heavy atom. The predicted molar refractivity (Wildman–Crippen MR) is 90.3 cm³/mol. The number of hydrogen-bond acceptors (Lipinski definition) is 1. The summed E-state index contributed by atoms with van der Waals surface area (Å²) in [5, 5.41) is 3.70. The van der Waals surface area contributed by atoms with Crippen LogP contribution in [0.15, 0.2) is 48.5 Å². The quantitative estimate of drug-likeness (QED) is 0.829. The van der Waals surface area contributed by atoms with Gasteiger partial charge in [0.1, 0.15) is 0 Å². The van der Waals surface area contributed by atoms with Crippen molar-refractivity contribution in [1.82, 2.24) is 4.90 Å². The van der Waals surface area contributed by atoms with Crippen LogP contribution in [0, 0.1) is 6.92 Å². The molecule has 1 N–H and O–H groups in total. The Bertz CT molecular complexity index is 652. The van der Waals surface area contributed by atoms with Gasteiger partial charge in [-0.15, -0.1) is 0 Å². The van der Waals surface area contributed by atoms with Crippen molar-refractivity contribution < 1.29 is 4.79 Å². The van der Waals surface area contributed by atoms with E-state index in [9.17, 15) is 4.79 Å². The van der Waals surface area contributed by atoms with Gasteiger partial charge in [-0.05, 0) is 49.6 Å². The molecular weight excluding hydrogens is 296 g/mol. The summed E-state index contributed by atoms with van der Waals surface area (Å²) in [7, 11) is 0. The van der Waals surface area contributed by atoms with Gasteiger partial charge in [0, 0.05) is 17.3 Å². The van der Waals surface area contributed by atoms with Gasteiger partial charge in [0.25, 0.3) is 0 Å². The molecule has 1 aliphatic heterocycles. The minimum Gasteiger partial charge on any atom is -0.317 e. The second kappa shape index (κ2) is 6.41. The summed E-state index contributed by atoms with van der Waals surface area (Å²) in [6, 6.07) is 15.7. The maximum Gasteiger partial charge on any atom is 0.322 e. The van der Waals surface area contributed by atoms with E-state index in [1.54, 1.807) is 0 Å². The number of amides is 2. The second-order valence-corrected chi connectivity index (χ2v) is 6.14. The fourth-order valence-corrected chi connectivity index (χ4v) is 3.00. The molecule has 1 unspecified atom stereocenters. The molecule has 3 rings (SSSR count). The van der Waals surface area contributed by atoms with Crippen molar-refractivity contribution in [2.45, 2.75) is 25.8 Å². The number of halogens is 1. The smallest absolute Gasteiger partial charge is 0.317 e. The Kier molecular flexibility index (Phi) is 4.34. The topological polar surface area (TPSA) is 32.3 Å². The van der Waals surface area contributed by atoms with Crippen LogP contribution in [0.5, 0.6) is 0 Å². The lowest BCUT2D eigenvalue weighted by Crippen LogP contribution is -2.34. The molecule has 114 valence electrons. The summed E-state index contributed by atoms with van der Waals surface area (Å²) < 4.78 is 0. The van der Waals surface area contributed by atoms with E-state index in [1.165, 1.54) is 5.56 Å². The van der Waals surface area contributed by atoms with E-state index in [1.807, 2.05) is 60.4 Å². The van der Waals surface area contributed by atoms with Crippen molar-refractivity contribution in [3.05, 3.63) is 64.7 Å². The molecule has 2 aromatic carbocycles. The molecule has 1 aliphatic rings. The Morgan fingerprint density at radius 2 is 1.82 bits per heavy atom. The summed E-state index contributed by atoms with van der Waals surface area (Å²) in [6.45, 7) is 2.81. The Morgan fingerprint density at radius 3 is 2.50 bits per heavy atom. The van der Waals surface area contributed by atoms with Gasteiger partial charge in [-0.2, -0.15) is 0 Å². The van der Waals surface area contributed by atoms with Gasteiger partial charge in [0.05, 0.1) is 6.04 Å². The Hall–Kier alpha value is -2.00. The van der Waals surface area contributed by atoms with E-state index in [-0.39, 0.29) is 12.1 Å². The monoisotopic (exact) mass is 314 g/mol. The van der Waals surface area contributed by atoms with Crippen molar-refractivity contribution in [2.75, 3.05) is 11.9 Å². The Balaban J connectivity index is 1.73. The molecule has 3 nitrogen and oxygen atoms in total. The van der Waals surface area contributed by atoms with E-state index < -0.39 is 0 Å². The zero-order valence-corrected chi connectivity index (χ0v) is 13.3. The van der Waals surface area contributed by atoms with E-state index in [0.29, 0.717) is 0 Å². The van der Waals surface area contributed by atoms with Crippen LogP contribution in [-0.4, -0.2) is 17.5 Å².